The van der Waals surface area contributed by atoms with Gasteiger partial charge >= 0.3 is 0 Å². The standard InChI is InChI=1S/C18H13Cl2N5O4S/c19-11-4-5-13(20)14(7-11)24-16(26)8-15(17(24)27)30-18(21)23-22-9-10-2-1-3-12(6-10)25(28)29/h1-7,9,15H,8H2,(H2,21,23)/b22-9-/t15-/m1/s1. The molecule has 0 radical (unpaired) electrons. The van der Waals surface area contributed by atoms with Crippen molar-refractivity contribution in [1.29, 1.82) is 0 Å². The van der Waals surface area contributed by atoms with E-state index in [1.165, 1.54) is 36.5 Å². The van der Waals surface area contributed by atoms with Gasteiger partial charge in [0.1, 0.15) is 5.25 Å². The predicted octanol–water partition coefficient (Wildman–Crippen LogP) is 3.62. The van der Waals surface area contributed by atoms with Gasteiger partial charge in [0, 0.05) is 29.1 Å². The maximum absolute atomic E-state index is 12.7. The normalized spacial score (nSPS) is 17.2. The van der Waals surface area contributed by atoms with Gasteiger partial charge in [0.2, 0.25) is 11.8 Å². The van der Waals surface area contributed by atoms with Crippen LogP contribution in [-0.2, 0) is 9.59 Å². The second-order valence-corrected chi connectivity index (χ2v) is 8.08. The molecule has 2 aromatic carbocycles. The highest BCUT2D eigenvalue weighted by molar-refractivity contribution is 8.14. The molecule has 2 amide bonds. The number of amides is 2. The molecule has 1 aliphatic rings. The molecule has 2 aromatic rings. The zero-order valence-electron chi connectivity index (χ0n) is 15.1. The molecule has 0 spiro atoms. The number of halogens is 2. The van der Waals surface area contributed by atoms with E-state index in [2.05, 4.69) is 10.2 Å². The SMILES string of the molecule is NC(=N/N=C\c1cccc([N+](=O)[O-])c1)S[C@@H]1CC(=O)N(c2cc(Cl)ccc2Cl)C1=O. The molecule has 154 valence electrons. The Kier molecular flexibility index (Phi) is 6.70. The third-order valence-electron chi connectivity index (χ3n) is 3.96. The van der Waals surface area contributed by atoms with Gasteiger partial charge in [0.25, 0.3) is 5.69 Å². The van der Waals surface area contributed by atoms with Crippen molar-refractivity contribution in [3.8, 4) is 0 Å². The number of benzene rings is 2. The maximum Gasteiger partial charge on any atom is 0.270 e. The average Bonchev–Trinajstić information content (AvgIpc) is 2.97. The summed E-state index contributed by atoms with van der Waals surface area (Å²) in [6.07, 6.45) is 1.21. The molecule has 30 heavy (non-hydrogen) atoms. The molecule has 2 N–H and O–H groups in total. The highest BCUT2D eigenvalue weighted by atomic mass is 35.5. The molecule has 1 aliphatic heterocycles. The predicted molar refractivity (Wildman–Crippen MR) is 117 cm³/mol. The Balaban J connectivity index is 1.69. The van der Waals surface area contributed by atoms with E-state index in [0.29, 0.717) is 10.6 Å². The Morgan fingerprint density at radius 3 is 2.77 bits per heavy atom. The summed E-state index contributed by atoms with van der Waals surface area (Å²) < 4.78 is 0. The lowest BCUT2D eigenvalue weighted by atomic mass is 10.2. The van der Waals surface area contributed by atoms with Crippen LogP contribution in [0.2, 0.25) is 10.0 Å². The van der Waals surface area contributed by atoms with Crippen LogP contribution in [0.4, 0.5) is 11.4 Å². The molecule has 0 unspecified atom stereocenters. The number of anilines is 1. The minimum Gasteiger partial charge on any atom is -0.377 e. The van der Waals surface area contributed by atoms with Crippen LogP contribution in [0.25, 0.3) is 0 Å². The van der Waals surface area contributed by atoms with Crippen LogP contribution in [0.1, 0.15) is 12.0 Å². The molecule has 1 saturated heterocycles. The summed E-state index contributed by atoms with van der Waals surface area (Å²) >= 11 is 12.9. The van der Waals surface area contributed by atoms with E-state index in [9.17, 15) is 19.7 Å². The van der Waals surface area contributed by atoms with E-state index in [0.717, 1.165) is 16.7 Å². The van der Waals surface area contributed by atoms with Crippen molar-refractivity contribution in [3.05, 3.63) is 68.2 Å². The molecule has 12 heteroatoms. The molecule has 1 fully saturated rings. The fourth-order valence-corrected chi connectivity index (χ4v) is 3.83. The van der Waals surface area contributed by atoms with Crippen LogP contribution in [0.15, 0.2) is 52.7 Å². The summed E-state index contributed by atoms with van der Waals surface area (Å²) in [6.45, 7) is 0. The number of nitro benzene ring substituents is 1. The van der Waals surface area contributed by atoms with Crippen LogP contribution < -0.4 is 10.6 Å². The first-order valence-electron chi connectivity index (χ1n) is 8.35. The molecule has 1 atom stereocenters. The van der Waals surface area contributed by atoms with Gasteiger partial charge in [0.05, 0.1) is 21.8 Å². The number of hydrogen-bond donors (Lipinski definition) is 1. The number of thioether (sulfide) groups is 1. The summed E-state index contributed by atoms with van der Waals surface area (Å²) in [6, 6.07) is 10.3. The molecule has 0 aromatic heterocycles. The van der Waals surface area contributed by atoms with E-state index in [-0.39, 0.29) is 28.0 Å². The molecular weight excluding hydrogens is 453 g/mol. The Morgan fingerprint density at radius 1 is 1.27 bits per heavy atom. The van der Waals surface area contributed by atoms with Gasteiger partial charge in [-0.25, -0.2) is 4.90 Å². The number of nitrogens with two attached hydrogens (primary N) is 1. The number of amidine groups is 1. The summed E-state index contributed by atoms with van der Waals surface area (Å²) in [5.41, 5.74) is 6.39. The highest BCUT2D eigenvalue weighted by Gasteiger charge is 2.41. The Morgan fingerprint density at radius 2 is 2.03 bits per heavy atom. The van der Waals surface area contributed by atoms with Crippen molar-refractivity contribution < 1.29 is 14.5 Å². The van der Waals surface area contributed by atoms with Gasteiger partial charge in [-0.3, -0.25) is 19.7 Å². The largest absolute Gasteiger partial charge is 0.377 e. The van der Waals surface area contributed by atoms with Crippen LogP contribution in [0.5, 0.6) is 0 Å². The zero-order chi connectivity index (χ0) is 21.8. The topological polar surface area (TPSA) is 131 Å². The molecule has 0 aliphatic carbocycles. The van der Waals surface area contributed by atoms with E-state index < -0.39 is 22.0 Å². The van der Waals surface area contributed by atoms with E-state index in [1.54, 1.807) is 12.1 Å². The van der Waals surface area contributed by atoms with E-state index >= 15 is 0 Å². The maximum atomic E-state index is 12.7. The van der Waals surface area contributed by atoms with Crippen molar-refractivity contribution in [2.24, 2.45) is 15.9 Å². The number of non-ortho nitro benzene ring substituents is 1. The number of carbonyl (C=O) groups is 2. The van der Waals surface area contributed by atoms with Gasteiger partial charge in [-0.05, 0) is 18.2 Å². The van der Waals surface area contributed by atoms with Gasteiger partial charge < -0.3 is 5.73 Å². The first-order chi connectivity index (χ1) is 14.3. The molecule has 3 rings (SSSR count). The lowest BCUT2D eigenvalue weighted by Crippen LogP contribution is -2.32. The fraction of sp³-hybridized carbons (Fsp3) is 0.111. The minimum atomic E-state index is -0.788. The Labute approximate surface area is 184 Å². The fourth-order valence-electron chi connectivity index (χ4n) is 2.65. The van der Waals surface area contributed by atoms with Crippen LogP contribution >= 0.6 is 35.0 Å². The van der Waals surface area contributed by atoms with Crippen LogP contribution in [0.3, 0.4) is 0 Å². The van der Waals surface area contributed by atoms with Crippen molar-refractivity contribution in [3.63, 3.8) is 0 Å². The molecule has 0 saturated carbocycles. The van der Waals surface area contributed by atoms with Gasteiger partial charge in [-0.1, -0.05) is 47.1 Å². The molecule has 9 nitrogen and oxygen atoms in total. The number of nitrogens with zero attached hydrogens (tertiary/aromatic N) is 4. The quantitative estimate of drug-likeness (QED) is 0.235. The second-order valence-electron chi connectivity index (χ2n) is 6.01. The Hall–Kier alpha value is -2.95. The third-order valence-corrected chi connectivity index (χ3v) is 5.49. The van der Waals surface area contributed by atoms with Gasteiger partial charge in [0.15, 0.2) is 5.17 Å². The number of hydrogen-bond acceptors (Lipinski definition) is 7. The lowest BCUT2D eigenvalue weighted by molar-refractivity contribution is -0.384. The molecular formula is C18H13Cl2N5O4S. The number of nitro groups is 1. The first kappa shape index (κ1) is 21.8. The van der Waals surface area contributed by atoms with Crippen LogP contribution in [0, 0.1) is 10.1 Å². The highest BCUT2D eigenvalue weighted by Crippen LogP contribution is 2.35. The Bertz CT molecular complexity index is 1090. The van der Waals surface area contributed by atoms with E-state index in [1.807, 2.05) is 0 Å². The third kappa shape index (κ3) is 4.96. The molecule has 0 bridgehead atoms. The smallest absolute Gasteiger partial charge is 0.270 e. The number of carbonyl (C=O) groups excluding carboxylic acids is 2. The van der Waals surface area contributed by atoms with E-state index in [4.69, 9.17) is 28.9 Å². The van der Waals surface area contributed by atoms with Crippen molar-refractivity contribution in [2.45, 2.75) is 11.7 Å². The monoisotopic (exact) mass is 465 g/mol. The number of rotatable bonds is 5. The first-order valence-corrected chi connectivity index (χ1v) is 9.99. The molecule has 1 heterocycles. The van der Waals surface area contributed by atoms with Gasteiger partial charge in [-0.2, -0.15) is 5.10 Å². The second kappa shape index (κ2) is 9.24. The number of imide groups is 1. The van der Waals surface area contributed by atoms with Crippen molar-refractivity contribution in [2.75, 3.05) is 4.90 Å². The van der Waals surface area contributed by atoms with Crippen LogP contribution in [-0.4, -0.2) is 33.4 Å². The minimum absolute atomic E-state index is 0.0399. The summed E-state index contributed by atoms with van der Waals surface area (Å²) in [4.78, 5) is 36.3. The summed E-state index contributed by atoms with van der Waals surface area (Å²) in [5, 5.41) is 18.1. The summed E-state index contributed by atoms with van der Waals surface area (Å²) in [5.74, 6) is -0.926. The van der Waals surface area contributed by atoms with Crippen molar-refractivity contribution in [1.82, 2.24) is 0 Å². The van der Waals surface area contributed by atoms with Gasteiger partial charge in [-0.15, -0.1) is 5.10 Å². The average molecular weight is 466 g/mol. The zero-order valence-corrected chi connectivity index (χ0v) is 17.4. The summed E-state index contributed by atoms with van der Waals surface area (Å²) in [7, 11) is 0. The lowest BCUT2D eigenvalue weighted by Gasteiger charge is -2.16. The van der Waals surface area contributed by atoms with Crippen molar-refractivity contribution >= 4 is 69.5 Å².